The fourth-order valence-electron chi connectivity index (χ4n) is 2.35. The lowest BCUT2D eigenvalue weighted by molar-refractivity contribution is -0.137. The number of carbonyl (C=O) groups excluding carboxylic acids is 1. The van der Waals surface area contributed by atoms with E-state index in [0.717, 1.165) is 29.5 Å². The maximum atomic E-state index is 12.6. The van der Waals surface area contributed by atoms with Gasteiger partial charge >= 0.3 is 6.18 Å². The number of hydrogen-bond donors (Lipinski definition) is 1. The van der Waals surface area contributed by atoms with Gasteiger partial charge in [-0.3, -0.25) is 4.79 Å². The molecule has 28 heavy (non-hydrogen) atoms. The van der Waals surface area contributed by atoms with Crippen LogP contribution in [-0.4, -0.2) is 11.1 Å². The second-order valence-electron chi connectivity index (χ2n) is 5.82. The topological polar surface area (TPSA) is 41.5 Å². The third-order valence-corrected chi connectivity index (χ3v) is 4.88. The minimum Gasteiger partial charge on any atom is -0.360 e. The normalized spacial score (nSPS) is 16.4. The molecule has 3 nitrogen and oxygen atoms in total. The van der Waals surface area contributed by atoms with Crippen LogP contribution < -0.4 is 5.32 Å². The molecule has 1 aliphatic rings. The molecule has 1 N–H and O–H groups in total. The van der Waals surface area contributed by atoms with Crippen molar-refractivity contribution in [2.75, 3.05) is 0 Å². The van der Waals surface area contributed by atoms with Crippen molar-refractivity contribution in [3.63, 3.8) is 0 Å². The Kier molecular flexibility index (Phi) is 6.26. The average Bonchev–Trinajstić information content (AvgIpc) is 3.00. The van der Waals surface area contributed by atoms with Crippen molar-refractivity contribution in [2.24, 2.45) is 4.99 Å². The van der Waals surface area contributed by atoms with Crippen LogP contribution >= 0.6 is 23.4 Å². The molecule has 0 saturated carbocycles. The fraction of sp³-hybridized carbons (Fsp3) is 0.100. The number of allylic oxidation sites excluding steroid dienone is 2. The first kappa shape index (κ1) is 20.2. The van der Waals surface area contributed by atoms with Gasteiger partial charge in [-0.25, -0.2) is 0 Å². The van der Waals surface area contributed by atoms with Gasteiger partial charge in [-0.1, -0.05) is 54.1 Å². The number of aliphatic imine (C=N–C) groups is 1. The number of halogens is 4. The van der Waals surface area contributed by atoms with Gasteiger partial charge in [0, 0.05) is 11.6 Å². The maximum absolute atomic E-state index is 12.6. The summed E-state index contributed by atoms with van der Waals surface area (Å²) in [7, 11) is 0. The number of carbonyl (C=O) groups is 1. The smallest absolute Gasteiger partial charge is 0.360 e. The van der Waals surface area contributed by atoms with Crippen LogP contribution in [0.25, 0.3) is 6.08 Å². The molecule has 0 bridgehead atoms. The molecule has 0 aromatic heterocycles. The highest BCUT2D eigenvalue weighted by Gasteiger charge is 2.30. The number of amidine groups is 1. The van der Waals surface area contributed by atoms with Gasteiger partial charge < -0.3 is 5.32 Å². The minimum atomic E-state index is -4.37. The predicted molar refractivity (Wildman–Crippen MR) is 107 cm³/mol. The highest BCUT2D eigenvalue weighted by atomic mass is 35.5. The Hall–Kier alpha value is -2.51. The van der Waals surface area contributed by atoms with Crippen LogP contribution in [0.3, 0.4) is 0 Å². The quantitative estimate of drug-likeness (QED) is 0.653. The molecule has 0 spiro atoms. The van der Waals surface area contributed by atoms with Crippen molar-refractivity contribution < 1.29 is 18.0 Å². The molecule has 2 aromatic rings. The number of alkyl halides is 3. The Morgan fingerprint density at radius 2 is 1.79 bits per heavy atom. The third-order valence-electron chi connectivity index (χ3n) is 3.72. The molecule has 8 heteroatoms. The van der Waals surface area contributed by atoms with Gasteiger partial charge in [0.2, 0.25) is 0 Å². The summed E-state index contributed by atoms with van der Waals surface area (Å²) in [5, 5.41) is 3.71. The fourth-order valence-corrected chi connectivity index (χ4v) is 3.45. The Morgan fingerprint density at radius 1 is 1.11 bits per heavy atom. The van der Waals surface area contributed by atoms with Crippen LogP contribution in [0.15, 0.2) is 75.6 Å². The van der Waals surface area contributed by atoms with E-state index in [1.807, 2.05) is 30.3 Å². The first-order chi connectivity index (χ1) is 13.3. The van der Waals surface area contributed by atoms with Gasteiger partial charge in [0.1, 0.15) is 0 Å². The molecule has 1 aliphatic heterocycles. The van der Waals surface area contributed by atoms with E-state index in [1.165, 1.54) is 18.2 Å². The van der Waals surface area contributed by atoms with Crippen LogP contribution in [0.1, 0.15) is 16.7 Å². The lowest BCUT2D eigenvalue weighted by atomic mass is 10.1. The zero-order valence-electron chi connectivity index (χ0n) is 14.3. The average molecular weight is 423 g/mol. The van der Waals surface area contributed by atoms with Gasteiger partial charge in [-0.2, -0.15) is 18.2 Å². The SMILES string of the molecule is O=C1N=C(NCc2ccc(C(F)(F)F)cc2)SC1=CC(Cl)=Cc1ccccc1. The highest BCUT2D eigenvalue weighted by Crippen LogP contribution is 2.30. The summed E-state index contributed by atoms with van der Waals surface area (Å²) >= 11 is 7.32. The highest BCUT2D eigenvalue weighted by molar-refractivity contribution is 8.18. The molecule has 0 radical (unpaired) electrons. The number of thioether (sulfide) groups is 1. The van der Waals surface area contributed by atoms with E-state index in [-0.39, 0.29) is 6.54 Å². The number of nitrogens with zero attached hydrogens (tertiary/aromatic N) is 1. The monoisotopic (exact) mass is 422 g/mol. The molecule has 0 atom stereocenters. The minimum absolute atomic E-state index is 0.248. The molecular formula is C20H14ClF3N2OS. The van der Waals surface area contributed by atoms with Crippen LogP contribution in [0, 0.1) is 0 Å². The van der Waals surface area contributed by atoms with Crippen LogP contribution in [-0.2, 0) is 17.5 Å². The second kappa shape index (κ2) is 8.67. The Bertz CT molecular complexity index is 952. The van der Waals surface area contributed by atoms with Crippen molar-refractivity contribution in [1.29, 1.82) is 0 Å². The van der Waals surface area contributed by atoms with E-state index in [4.69, 9.17) is 11.6 Å². The number of rotatable bonds is 4. The van der Waals surface area contributed by atoms with E-state index in [2.05, 4.69) is 10.3 Å². The number of benzene rings is 2. The molecule has 3 rings (SSSR count). The van der Waals surface area contributed by atoms with Crippen LogP contribution in [0.5, 0.6) is 0 Å². The van der Waals surface area contributed by atoms with Gasteiger partial charge in [0.05, 0.1) is 10.5 Å². The Balaban J connectivity index is 1.59. The molecule has 2 aromatic carbocycles. The Labute approximate surface area is 169 Å². The third kappa shape index (κ3) is 5.50. The number of nitrogens with one attached hydrogen (secondary N) is 1. The van der Waals surface area contributed by atoms with Crippen molar-refractivity contribution in [2.45, 2.75) is 12.7 Å². The number of amides is 1. The van der Waals surface area contributed by atoms with E-state index in [9.17, 15) is 18.0 Å². The molecule has 0 aliphatic carbocycles. The zero-order chi connectivity index (χ0) is 20.1. The van der Waals surface area contributed by atoms with Gasteiger partial charge in [0.15, 0.2) is 5.17 Å². The van der Waals surface area contributed by atoms with Crippen LogP contribution in [0.4, 0.5) is 13.2 Å². The summed E-state index contributed by atoms with van der Waals surface area (Å²) in [6, 6.07) is 14.2. The first-order valence-corrected chi connectivity index (χ1v) is 9.35. The van der Waals surface area contributed by atoms with Crippen LogP contribution in [0.2, 0.25) is 0 Å². The van der Waals surface area contributed by atoms with Crippen molar-refractivity contribution >= 4 is 40.5 Å². The van der Waals surface area contributed by atoms with E-state index in [1.54, 1.807) is 6.08 Å². The van der Waals surface area contributed by atoms with Crippen molar-refractivity contribution in [3.8, 4) is 0 Å². The van der Waals surface area contributed by atoms with Gasteiger partial charge in [-0.15, -0.1) is 0 Å². The molecule has 144 valence electrons. The van der Waals surface area contributed by atoms with Gasteiger partial charge in [-0.05, 0) is 47.2 Å². The standard InChI is InChI=1S/C20H14ClF3N2OS/c21-16(10-13-4-2-1-3-5-13)11-17-18(27)26-19(28-17)25-12-14-6-8-15(9-7-14)20(22,23)24/h1-11H,12H2,(H,25,26,27). The predicted octanol–water partition coefficient (Wildman–Crippen LogP) is 5.59. The maximum Gasteiger partial charge on any atom is 0.416 e. The largest absolute Gasteiger partial charge is 0.416 e. The summed E-state index contributed by atoms with van der Waals surface area (Å²) in [6.45, 7) is 0.248. The second-order valence-corrected chi connectivity index (χ2v) is 7.29. The number of hydrogen-bond acceptors (Lipinski definition) is 3. The van der Waals surface area contributed by atoms with E-state index < -0.39 is 17.6 Å². The zero-order valence-corrected chi connectivity index (χ0v) is 15.9. The summed E-state index contributed by atoms with van der Waals surface area (Å²) in [5.74, 6) is -0.417. The molecule has 0 fully saturated rings. The van der Waals surface area contributed by atoms with E-state index in [0.29, 0.717) is 20.7 Å². The molecule has 0 saturated heterocycles. The molecule has 1 amide bonds. The molecular weight excluding hydrogens is 409 g/mol. The molecule has 1 heterocycles. The summed E-state index contributed by atoms with van der Waals surface area (Å²) < 4.78 is 37.7. The Morgan fingerprint density at radius 3 is 2.43 bits per heavy atom. The summed E-state index contributed by atoms with van der Waals surface area (Å²) in [6.07, 6.45) is -1.09. The lowest BCUT2D eigenvalue weighted by Gasteiger charge is -2.08. The lowest BCUT2D eigenvalue weighted by Crippen LogP contribution is -2.18. The summed E-state index contributed by atoms with van der Waals surface area (Å²) in [5.41, 5.74) is 0.841. The molecule has 0 unspecified atom stereocenters. The van der Waals surface area contributed by atoms with Gasteiger partial charge in [0.25, 0.3) is 5.91 Å². The van der Waals surface area contributed by atoms with E-state index >= 15 is 0 Å². The van der Waals surface area contributed by atoms with Crippen molar-refractivity contribution in [3.05, 3.63) is 87.3 Å². The summed E-state index contributed by atoms with van der Waals surface area (Å²) in [4.78, 5) is 16.3. The van der Waals surface area contributed by atoms with Crippen molar-refractivity contribution in [1.82, 2.24) is 5.32 Å². The first-order valence-electron chi connectivity index (χ1n) is 8.16.